The van der Waals surface area contributed by atoms with Crippen molar-refractivity contribution >= 4 is 0 Å². The number of nitrogens with zero attached hydrogens (tertiary/aromatic N) is 1. The van der Waals surface area contributed by atoms with E-state index in [9.17, 15) is 0 Å². The quantitative estimate of drug-likeness (QED) is 0.714. The second kappa shape index (κ2) is 9.80. The molecular weight excluding hydrogens is 260 g/mol. The predicted molar refractivity (Wildman–Crippen MR) is 90.9 cm³/mol. The van der Waals surface area contributed by atoms with Gasteiger partial charge in [-0.15, -0.1) is 0 Å². The van der Waals surface area contributed by atoms with Crippen LogP contribution in [-0.2, 0) is 6.54 Å². The van der Waals surface area contributed by atoms with Crippen molar-refractivity contribution in [3.05, 3.63) is 29.8 Å². The first-order valence-corrected chi connectivity index (χ1v) is 8.10. The van der Waals surface area contributed by atoms with Crippen LogP contribution in [0.3, 0.4) is 0 Å². The van der Waals surface area contributed by atoms with Crippen molar-refractivity contribution in [3.63, 3.8) is 0 Å². The number of likely N-dealkylation sites (N-methyl/N-ethyl adjacent to an activating group) is 1. The summed E-state index contributed by atoms with van der Waals surface area (Å²) in [5.74, 6) is 1.63. The Bertz CT molecular complexity index is 375. The van der Waals surface area contributed by atoms with Crippen LogP contribution in [0.5, 0.6) is 5.75 Å². The topological polar surface area (TPSA) is 24.5 Å². The second-order valence-electron chi connectivity index (χ2n) is 6.26. The summed E-state index contributed by atoms with van der Waals surface area (Å²) in [7, 11) is 3.93. The van der Waals surface area contributed by atoms with Crippen LogP contribution in [0.4, 0.5) is 0 Å². The van der Waals surface area contributed by atoms with Gasteiger partial charge >= 0.3 is 0 Å². The third-order valence-electron chi connectivity index (χ3n) is 3.77. The van der Waals surface area contributed by atoms with Crippen molar-refractivity contribution in [2.24, 2.45) is 5.92 Å². The molecule has 120 valence electrons. The highest BCUT2D eigenvalue weighted by molar-refractivity contribution is 5.27. The molecule has 0 aromatic heterocycles. The zero-order chi connectivity index (χ0) is 15.7. The first-order valence-electron chi connectivity index (χ1n) is 8.10. The van der Waals surface area contributed by atoms with Crippen LogP contribution < -0.4 is 10.1 Å². The molecule has 0 radical (unpaired) electrons. The van der Waals surface area contributed by atoms with Crippen LogP contribution in [0.2, 0.25) is 0 Å². The fraction of sp³-hybridized carbons (Fsp3) is 0.667. The summed E-state index contributed by atoms with van der Waals surface area (Å²) in [4.78, 5) is 2.46. The van der Waals surface area contributed by atoms with Gasteiger partial charge in [-0.1, -0.05) is 39.3 Å². The maximum absolute atomic E-state index is 5.21. The van der Waals surface area contributed by atoms with Crippen molar-refractivity contribution in [2.45, 2.75) is 46.2 Å². The molecule has 1 unspecified atom stereocenters. The minimum absolute atomic E-state index is 0.593. The summed E-state index contributed by atoms with van der Waals surface area (Å²) in [6.07, 6.45) is 2.46. The Morgan fingerprint density at radius 1 is 1.14 bits per heavy atom. The van der Waals surface area contributed by atoms with E-state index < -0.39 is 0 Å². The number of nitrogens with one attached hydrogen (secondary N) is 1. The smallest absolute Gasteiger partial charge is 0.118 e. The second-order valence-corrected chi connectivity index (χ2v) is 6.26. The van der Waals surface area contributed by atoms with Gasteiger partial charge in [0.2, 0.25) is 0 Å². The molecule has 0 amide bonds. The van der Waals surface area contributed by atoms with Crippen LogP contribution in [-0.4, -0.2) is 38.2 Å². The molecule has 1 rings (SSSR count). The van der Waals surface area contributed by atoms with Gasteiger partial charge in [-0.25, -0.2) is 0 Å². The van der Waals surface area contributed by atoms with E-state index in [1.54, 1.807) is 7.11 Å². The molecule has 1 N–H and O–H groups in total. The Labute approximate surface area is 130 Å². The molecule has 21 heavy (non-hydrogen) atoms. The maximum Gasteiger partial charge on any atom is 0.118 e. The average Bonchev–Trinajstić information content (AvgIpc) is 2.46. The van der Waals surface area contributed by atoms with Crippen LogP contribution in [0.15, 0.2) is 24.3 Å². The van der Waals surface area contributed by atoms with E-state index in [-0.39, 0.29) is 0 Å². The van der Waals surface area contributed by atoms with Gasteiger partial charge in [-0.3, -0.25) is 4.90 Å². The number of hydrogen-bond donors (Lipinski definition) is 1. The van der Waals surface area contributed by atoms with Crippen LogP contribution in [0, 0.1) is 5.92 Å². The SMILES string of the molecule is CCCC(CNCC(C)C)N(C)Cc1ccc(OC)cc1. The number of methoxy groups -OCH3 is 1. The fourth-order valence-corrected chi connectivity index (χ4v) is 2.50. The minimum Gasteiger partial charge on any atom is -0.497 e. The number of rotatable bonds is 10. The molecule has 3 nitrogen and oxygen atoms in total. The normalized spacial score (nSPS) is 12.9. The summed E-state index contributed by atoms with van der Waals surface area (Å²) in [6.45, 7) is 9.91. The van der Waals surface area contributed by atoms with Crippen molar-refractivity contribution in [2.75, 3.05) is 27.2 Å². The van der Waals surface area contributed by atoms with Crippen molar-refractivity contribution < 1.29 is 4.74 Å². The van der Waals surface area contributed by atoms with Crippen LogP contribution in [0.1, 0.15) is 39.2 Å². The zero-order valence-corrected chi connectivity index (χ0v) is 14.4. The third kappa shape index (κ3) is 6.96. The van der Waals surface area contributed by atoms with Crippen LogP contribution >= 0.6 is 0 Å². The number of hydrogen-bond acceptors (Lipinski definition) is 3. The summed E-state index contributed by atoms with van der Waals surface area (Å²) >= 11 is 0. The minimum atomic E-state index is 0.593. The van der Waals surface area contributed by atoms with Gasteiger partial charge in [0.25, 0.3) is 0 Å². The number of benzene rings is 1. The first kappa shape index (κ1) is 18.0. The highest BCUT2D eigenvalue weighted by atomic mass is 16.5. The Balaban J connectivity index is 2.51. The largest absolute Gasteiger partial charge is 0.497 e. The van der Waals surface area contributed by atoms with Crippen molar-refractivity contribution in [1.29, 1.82) is 0 Å². The van der Waals surface area contributed by atoms with Gasteiger partial charge in [0.15, 0.2) is 0 Å². The van der Waals surface area contributed by atoms with Gasteiger partial charge in [0.05, 0.1) is 7.11 Å². The monoisotopic (exact) mass is 292 g/mol. The Kier molecular flexibility index (Phi) is 8.40. The molecule has 0 fully saturated rings. The molecule has 1 aromatic rings. The Morgan fingerprint density at radius 3 is 2.33 bits per heavy atom. The Morgan fingerprint density at radius 2 is 1.81 bits per heavy atom. The van der Waals surface area contributed by atoms with Crippen LogP contribution in [0.25, 0.3) is 0 Å². The first-order chi connectivity index (χ1) is 10.1. The molecule has 0 heterocycles. The highest BCUT2D eigenvalue weighted by Gasteiger charge is 2.14. The van der Waals surface area contributed by atoms with E-state index in [0.29, 0.717) is 12.0 Å². The van der Waals surface area contributed by atoms with E-state index in [4.69, 9.17) is 4.74 Å². The molecule has 1 atom stereocenters. The molecule has 3 heteroatoms. The van der Waals surface area contributed by atoms with Gasteiger partial charge < -0.3 is 10.1 Å². The summed E-state index contributed by atoms with van der Waals surface area (Å²) < 4.78 is 5.21. The predicted octanol–water partition coefficient (Wildman–Crippen LogP) is 3.54. The van der Waals surface area contributed by atoms with Crippen molar-refractivity contribution in [3.8, 4) is 5.75 Å². The molecule has 1 aromatic carbocycles. The fourth-order valence-electron chi connectivity index (χ4n) is 2.50. The highest BCUT2D eigenvalue weighted by Crippen LogP contribution is 2.14. The van der Waals surface area contributed by atoms with Gasteiger partial charge in [-0.2, -0.15) is 0 Å². The summed E-state index contributed by atoms with van der Waals surface area (Å²) in [5.41, 5.74) is 1.34. The van der Waals surface area contributed by atoms with Crippen molar-refractivity contribution in [1.82, 2.24) is 10.2 Å². The molecule has 0 aliphatic carbocycles. The van der Waals surface area contributed by atoms with E-state index >= 15 is 0 Å². The molecule has 0 bridgehead atoms. The molecule has 0 saturated heterocycles. The molecular formula is C18H32N2O. The van der Waals surface area contributed by atoms with Gasteiger partial charge in [0, 0.05) is 19.1 Å². The van der Waals surface area contributed by atoms with E-state index in [0.717, 1.165) is 25.4 Å². The van der Waals surface area contributed by atoms with Gasteiger partial charge in [0.1, 0.15) is 5.75 Å². The van der Waals surface area contributed by atoms with E-state index in [2.05, 4.69) is 50.2 Å². The number of ether oxygens (including phenoxy) is 1. The molecule has 0 aliphatic heterocycles. The Hall–Kier alpha value is -1.06. The lowest BCUT2D eigenvalue weighted by molar-refractivity contribution is 0.213. The lowest BCUT2D eigenvalue weighted by Gasteiger charge is -2.28. The van der Waals surface area contributed by atoms with E-state index in [1.807, 2.05) is 12.1 Å². The summed E-state index contributed by atoms with van der Waals surface area (Å²) in [5, 5.41) is 3.59. The van der Waals surface area contributed by atoms with Gasteiger partial charge in [-0.05, 0) is 43.6 Å². The maximum atomic E-state index is 5.21. The molecule has 0 spiro atoms. The average molecular weight is 292 g/mol. The molecule has 0 aliphatic rings. The standard InChI is InChI=1S/C18H32N2O/c1-6-7-17(13-19-12-15(2)3)20(4)14-16-8-10-18(21-5)11-9-16/h8-11,15,17,19H,6-7,12-14H2,1-5H3. The zero-order valence-electron chi connectivity index (χ0n) is 14.4. The molecule has 0 saturated carbocycles. The lowest BCUT2D eigenvalue weighted by Crippen LogP contribution is -2.40. The summed E-state index contributed by atoms with van der Waals surface area (Å²) in [6, 6.07) is 8.97. The third-order valence-corrected chi connectivity index (χ3v) is 3.77. The lowest BCUT2D eigenvalue weighted by atomic mass is 10.1. The van der Waals surface area contributed by atoms with E-state index in [1.165, 1.54) is 18.4 Å².